The van der Waals surface area contributed by atoms with Gasteiger partial charge in [0.25, 0.3) is 5.91 Å². The third-order valence-electron chi connectivity index (χ3n) is 4.71. The van der Waals surface area contributed by atoms with Gasteiger partial charge < -0.3 is 10.2 Å². The van der Waals surface area contributed by atoms with Gasteiger partial charge in [-0.05, 0) is 43.2 Å². The van der Waals surface area contributed by atoms with Gasteiger partial charge in [0.05, 0.1) is 10.6 Å². The summed E-state index contributed by atoms with van der Waals surface area (Å²) in [5, 5.41) is 2.11. The third-order valence-corrected chi connectivity index (χ3v) is 5.04. The van der Waals surface area contributed by atoms with E-state index in [0.717, 1.165) is 12.1 Å². The first-order valence-corrected chi connectivity index (χ1v) is 9.15. The highest BCUT2D eigenvalue weighted by molar-refractivity contribution is 6.31. The number of nitrogens with zero attached hydrogens (tertiary/aromatic N) is 1. The van der Waals surface area contributed by atoms with E-state index in [1.165, 1.54) is 6.07 Å². The maximum Gasteiger partial charge on any atom is 0.417 e. The number of piperidine rings is 1. The van der Waals surface area contributed by atoms with E-state index in [9.17, 15) is 22.8 Å². The Hall–Kier alpha value is -2.54. The standard InChI is InChI=1S/C20H18ClF3N2O2/c21-17-7-6-15(12-16(17)20(22,23)24)25-18(27)13-8-10-26(11-9-13)19(28)14-4-2-1-3-5-14/h1-7,12-13H,8-11H2,(H,25,27). The van der Waals surface area contributed by atoms with Crippen molar-refractivity contribution in [1.29, 1.82) is 0 Å². The molecule has 4 nitrogen and oxygen atoms in total. The highest BCUT2D eigenvalue weighted by atomic mass is 35.5. The summed E-state index contributed by atoms with van der Waals surface area (Å²) in [5.41, 5.74) is -0.356. The van der Waals surface area contributed by atoms with Crippen LogP contribution < -0.4 is 5.32 Å². The maximum absolute atomic E-state index is 12.9. The van der Waals surface area contributed by atoms with E-state index in [4.69, 9.17) is 11.6 Å². The number of rotatable bonds is 3. The molecule has 3 rings (SSSR count). The van der Waals surface area contributed by atoms with Gasteiger partial charge in [-0.3, -0.25) is 9.59 Å². The molecule has 148 valence electrons. The van der Waals surface area contributed by atoms with Gasteiger partial charge in [0.15, 0.2) is 0 Å². The van der Waals surface area contributed by atoms with Gasteiger partial charge in [0, 0.05) is 30.3 Å². The minimum atomic E-state index is -4.60. The molecule has 0 bridgehead atoms. The summed E-state index contributed by atoms with van der Waals surface area (Å²) in [7, 11) is 0. The van der Waals surface area contributed by atoms with Gasteiger partial charge >= 0.3 is 6.18 Å². The Morgan fingerprint density at radius 3 is 2.29 bits per heavy atom. The first-order chi connectivity index (χ1) is 13.3. The molecule has 1 N–H and O–H groups in total. The van der Waals surface area contributed by atoms with Crippen LogP contribution in [-0.2, 0) is 11.0 Å². The first-order valence-electron chi connectivity index (χ1n) is 8.77. The average Bonchev–Trinajstić information content (AvgIpc) is 2.69. The quantitative estimate of drug-likeness (QED) is 0.786. The zero-order valence-electron chi connectivity index (χ0n) is 14.8. The molecule has 0 radical (unpaired) electrons. The Morgan fingerprint density at radius 2 is 1.68 bits per heavy atom. The normalized spacial score (nSPS) is 15.4. The Labute approximate surface area is 165 Å². The molecule has 0 saturated carbocycles. The highest BCUT2D eigenvalue weighted by Gasteiger charge is 2.34. The first kappa shape index (κ1) is 20.2. The van der Waals surface area contributed by atoms with Crippen LogP contribution in [0.5, 0.6) is 0 Å². The van der Waals surface area contributed by atoms with Crippen LogP contribution in [0.25, 0.3) is 0 Å². The smallest absolute Gasteiger partial charge is 0.339 e. The topological polar surface area (TPSA) is 49.4 Å². The molecular weight excluding hydrogens is 393 g/mol. The second kappa shape index (κ2) is 8.22. The van der Waals surface area contributed by atoms with Crippen LogP contribution in [-0.4, -0.2) is 29.8 Å². The SMILES string of the molecule is O=C(Nc1ccc(Cl)c(C(F)(F)F)c1)C1CCN(C(=O)c2ccccc2)CC1. The summed E-state index contributed by atoms with van der Waals surface area (Å²) >= 11 is 5.59. The molecule has 2 aromatic rings. The summed E-state index contributed by atoms with van der Waals surface area (Å²) in [6.45, 7) is 0.834. The Balaban J connectivity index is 1.59. The van der Waals surface area contributed by atoms with Crippen molar-refractivity contribution in [1.82, 2.24) is 4.90 Å². The van der Waals surface area contributed by atoms with Gasteiger partial charge in [-0.15, -0.1) is 0 Å². The summed E-state index contributed by atoms with van der Waals surface area (Å²) < 4.78 is 38.8. The largest absolute Gasteiger partial charge is 0.417 e. The van der Waals surface area contributed by atoms with E-state index in [0.29, 0.717) is 31.5 Å². The van der Waals surface area contributed by atoms with Gasteiger partial charge in [-0.25, -0.2) is 0 Å². The van der Waals surface area contributed by atoms with E-state index in [2.05, 4.69) is 5.32 Å². The van der Waals surface area contributed by atoms with Crippen molar-refractivity contribution in [2.45, 2.75) is 19.0 Å². The molecule has 1 aliphatic rings. The summed E-state index contributed by atoms with van der Waals surface area (Å²) in [5.74, 6) is -0.820. The second-order valence-corrected chi connectivity index (χ2v) is 7.02. The molecule has 28 heavy (non-hydrogen) atoms. The predicted molar refractivity (Wildman–Crippen MR) is 100 cm³/mol. The van der Waals surface area contributed by atoms with Crippen molar-refractivity contribution in [3.63, 3.8) is 0 Å². The zero-order chi connectivity index (χ0) is 20.3. The lowest BCUT2D eigenvalue weighted by atomic mass is 9.95. The fourth-order valence-electron chi connectivity index (χ4n) is 3.17. The van der Waals surface area contributed by atoms with Crippen molar-refractivity contribution < 1.29 is 22.8 Å². The molecule has 1 saturated heterocycles. The van der Waals surface area contributed by atoms with Gasteiger partial charge in [-0.1, -0.05) is 29.8 Å². The highest BCUT2D eigenvalue weighted by Crippen LogP contribution is 2.36. The number of alkyl halides is 3. The van der Waals surface area contributed by atoms with Crippen LogP contribution in [0, 0.1) is 5.92 Å². The van der Waals surface area contributed by atoms with Gasteiger partial charge in [-0.2, -0.15) is 13.2 Å². The predicted octanol–water partition coefficient (Wildman–Crippen LogP) is 4.85. The molecule has 1 heterocycles. The van der Waals surface area contributed by atoms with Crippen molar-refractivity contribution in [3.05, 3.63) is 64.7 Å². The van der Waals surface area contributed by atoms with Crippen LogP contribution in [0.1, 0.15) is 28.8 Å². The number of amides is 2. The molecule has 2 amide bonds. The van der Waals surface area contributed by atoms with Crippen LogP contribution in [0.15, 0.2) is 48.5 Å². The summed E-state index contributed by atoms with van der Waals surface area (Å²) in [6.07, 6.45) is -3.70. The molecule has 8 heteroatoms. The molecular formula is C20H18ClF3N2O2. The number of nitrogens with one attached hydrogen (secondary N) is 1. The van der Waals surface area contributed by atoms with Crippen molar-refractivity contribution in [2.24, 2.45) is 5.92 Å². The lowest BCUT2D eigenvalue weighted by Crippen LogP contribution is -2.41. The van der Waals surface area contributed by atoms with E-state index < -0.39 is 16.8 Å². The Bertz CT molecular complexity index is 863. The second-order valence-electron chi connectivity index (χ2n) is 6.61. The van der Waals surface area contributed by atoms with Crippen LogP contribution in [0.3, 0.4) is 0 Å². The summed E-state index contributed by atoms with van der Waals surface area (Å²) in [6, 6.07) is 12.1. The molecule has 0 aliphatic carbocycles. The Kier molecular flexibility index (Phi) is 5.93. The van der Waals surface area contributed by atoms with Gasteiger partial charge in [0.2, 0.25) is 5.91 Å². The molecule has 0 unspecified atom stereocenters. The molecule has 1 aliphatic heterocycles. The molecule has 1 fully saturated rings. The Morgan fingerprint density at radius 1 is 1.04 bits per heavy atom. The summed E-state index contributed by atoms with van der Waals surface area (Å²) in [4.78, 5) is 26.6. The number of benzene rings is 2. The number of carbonyl (C=O) groups is 2. The van der Waals surface area contributed by atoms with Crippen LogP contribution >= 0.6 is 11.6 Å². The minimum Gasteiger partial charge on any atom is -0.339 e. The fourth-order valence-corrected chi connectivity index (χ4v) is 3.40. The number of halogens is 4. The number of anilines is 1. The molecule has 0 atom stereocenters. The molecule has 0 aromatic heterocycles. The number of likely N-dealkylation sites (tertiary alicyclic amines) is 1. The number of hydrogen-bond acceptors (Lipinski definition) is 2. The average molecular weight is 411 g/mol. The third kappa shape index (κ3) is 4.65. The van der Waals surface area contributed by atoms with Crippen molar-refractivity contribution in [3.8, 4) is 0 Å². The van der Waals surface area contributed by atoms with E-state index >= 15 is 0 Å². The maximum atomic E-state index is 12.9. The molecule has 0 spiro atoms. The minimum absolute atomic E-state index is 0.0458. The number of hydrogen-bond donors (Lipinski definition) is 1. The van der Waals surface area contributed by atoms with Crippen molar-refractivity contribution >= 4 is 29.1 Å². The van der Waals surface area contributed by atoms with E-state index in [1.54, 1.807) is 29.2 Å². The van der Waals surface area contributed by atoms with Crippen LogP contribution in [0.2, 0.25) is 5.02 Å². The fraction of sp³-hybridized carbons (Fsp3) is 0.300. The van der Waals surface area contributed by atoms with Crippen molar-refractivity contribution in [2.75, 3.05) is 18.4 Å². The molecule has 2 aromatic carbocycles. The van der Waals surface area contributed by atoms with E-state index in [1.807, 2.05) is 6.07 Å². The number of carbonyl (C=O) groups excluding carboxylic acids is 2. The lowest BCUT2D eigenvalue weighted by Gasteiger charge is -2.31. The monoisotopic (exact) mass is 410 g/mol. The zero-order valence-corrected chi connectivity index (χ0v) is 15.6. The van der Waals surface area contributed by atoms with E-state index in [-0.39, 0.29) is 23.4 Å². The lowest BCUT2D eigenvalue weighted by molar-refractivity contribution is -0.137. The van der Waals surface area contributed by atoms with Crippen LogP contribution in [0.4, 0.5) is 18.9 Å². The van der Waals surface area contributed by atoms with Gasteiger partial charge in [0.1, 0.15) is 0 Å².